The molecule has 3 N–H and O–H groups in total. The molecular weight excluding hydrogens is 496 g/mol. The molecular formula is C30H34N4O5. The van der Waals surface area contributed by atoms with Gasteiger partial charge in [0.25, 0.3) is 0 Å². The van der Waals surface area contributed by atoms with Gasteiger partial charge in [0, 0.05) is 11.8 Å². The van der Waals surface area contributed by atoms with Crippen molar-refractivity contribution in [2.75, 3.05) is 13.1 Å². The second kappa shape index (κ2) is 15.0. The molecule has 0 unspecified atom stereocenters. The summed E-state index contributed by atoms with van der Waals surface area (Å²) in [5.41, 5.74) is 3.32. The molecule has 1 aromatic heterocycles. The van der Waals surface area contributed by atoms with Gasteiger partial charge in [-0.3, -0.25) is 19.4 Å². The summed E-state index contributed by atoms with van der Waals surface area (Å²) in [6.07, 6.45) is 1.72. The third-order valence-corrected chi connectivity index (χ3v) is 6.18. The quantitative estimate of drug-likeness (QED) is 0.311. The van der Waals surface area contributed by atoms with Crippen molar-refractivity contribution >= 4 is 23.7 Å². The van der Waals surface area contributed by atoms with Crippen LogP contribution in [0.1, 0.15) is 31.4 Å². The Morgan fingerprint density at radius 1 is 0.872 bits per heavy atom. The third-order valence-electron chi connectivity index (χ3n) is 6.18. The van der Waals surface area contributed by atoms with Crippen LogP contribution in [0.2, 0.25) is 0 Å². The van der Waals surface area contributed by atoms with E-state index < -0.39 is 18.0 Å². The van der Waals surface area contributed by atoms with Gasteiger partial charge in [-0.25, -0.2) is 4.79 Å². The molecule has 0 aliphatic carbocycles. The van der Waals surface area contributed by atoms with Crippen LogP contribution in [0.4, 0.5) is 4.79 Å². The van der Waals surface area contributed by atoms with Gasteiger partial charge >= 0.3 is 6.09 Å². The second-order valence-corrected chi connectivity index (χ2v) is 9.19. The van der Waals surface area contributed by atoms with Gasteiger partial charge in [0.15, 0.2) is 5.78 Å². The maximum absolute atomic E-state index is 12.8. The minimum absolute atomic E-state index is 0.0765. The molecule has 39 heavy (non-hydrogen) atoms. The number of alkyl carbamates (subject to hydrolysis) is 1. The summed E-state index contributed by atoms with van der Waals surface area (Å²) in [5.74, 6) is -1.36. The number of hydrogen-bond donors (Lipinski definition) is 3. The van der Waals surface area contributed by atoms with E-state index in [0.29, 0.717) is 6.42 Å². The van der Waals surface area contributed by atoms with Crippen LogP contribution in [0.5, 0.6) is 0 Å². The molecule has 0 aliphatic heterocycles. The number of aromatic nitrogens is 1. The minimum Gasteiger partial charge on any atom is -0.445 e. The van der Waals surface area contributed by atoms with Crippen LogP contribution in [0.25, 0.3) is 11.3 Å². The average molecular weight is 531 g/mol. The first-order valence-corrected chi connectivity index (χ1v) is 12.9. The summed E-state index contributed by atoms with van der Waals surface area (Å²) in [6.45, 7) is 3.30. The zero-order chi connectivity index (χ0) is 28.0. The predicted molar refractivity (Wildman–Crippen MR) is 147 cm³/mol. The third kappa shape index (κ3) is 9.70. The fourth-order valence-corrected chi connectivity index (χ4v) is 3.77. The number of nitrogens with zero attached hydrogens (tertiary/aromatic N) is 1. The molecule has 2 aromatic carbocycles. The molecule has 2 atom stereocenters. The second-order valence-electron chi connectivity index (χ2n) is 9.19. The Balaban J connectivity index is 1.43. The Morgan fingerprint density at radius 3 is 2.31 bits per heavy atom. The van der Waals surface area contributed by atoms with Gasteiger partial charge in [-0.1, -0.05) is 74.9 Å². The number of amides is 3. The van der Waals surface area contributed by atoms with E-state index in [4.69, 9.17) is 4.74 Å². The number of benzene rings is 2. The number of Topliss-reactive ketones (excluding diaryl/α,β-unsaturated/α-hetero) is 1. The summed E-state index contributed by atoms with van der Waals surface area (Å²) in [6, 6.07) is 21.4. The molecule has 0 aliphatic rings. The van der Waals surface area contributed by atoms with Crippen molar-refractivity contribution in [1.29, 1.82) is 0 Å². The lowest BCUT2D eigenvalue weighted by atomic mass is 9.98. The van der Waals surface area contributed by atoms with Crippen molar-refractivity contribution in [3.05, 3.63) is 90.1 Å². The van der Waals surface area contributed by atoms with Gasteiger partial charge in [0.05, 0.1) is 25.2 Å². The number of nitrogens with one attached hydrogen (secondary N) is 3. The van der Waals surface area contributed by atoms with Gasteiger partial charge in [-0.2, -0.15) is 0 Å². The zero-order valence-electron chi connectivity index (χ0n) is 22.2. The molecule has 0 saturated carbocycles. The maximum atomic E-state index is 12.8. The number of ether oxygens (including phenoxy) is 1. The van der Waals surface area contributed by atoms with Crippen molar-refractivity contribution < 1.29 is 23.9 Å². The highest BCUT2D eigenvalue weighted by Crippen LogP contribution is 2.18. The van der Waals surface area contributed by atoms with Crippen LogP contribution in [0, 0.1) is 5.92 Å². The topological polar surface area (TPSA) is 126 Å². The van der Waals surface area contributed by atoms with E-state index >= 15 is 0 Å². The molecule has 0 radical (unpaired) electrons. The first kappa shape index (κ1) is 29.0. The lowest BCUT2D eigenvalue weighted by Crippen LogP contribution is -2.51. The monoisotopic (exact) mass is 530 g/mol. The van der Waals surface area contributed by atoms with Crippen molar-refractivity contribution in [1.82, 2.24) is 20.9 Å². The molecule has 3 aromatic rings. The summed E-state index contributed by atoms with van der Waals surface area (Å²) >= 11 is 0. The summed E-state index contributed by atoms with van der Waals surface area (Å²) in [4.78, 5) is 54.1. The summed E-state index contributed by atoms with van der Waals surface area (Å²) in [7, 11) is 0. The Kier molecular flexibility index (Phi) is 11.2. The van der Waals surface area contributed by atoms with E-state index in [-0.39, 0.29) is 43.7 Å². The van der Waals surface area contributed by atoms with Crippen LogP contribution in [0.3, 0.4) is 0 Å². The van der Waals surface area contributed by atoms with Crippen molar-refractivity contribution in [2.45, 2.75) is 39.3 Å². The van der Waals surface area contributed by atoms with Crippen LogP contribution >= 0.6 is 0 Å². The molecule has 1 heterocycles. The SMILES string of the molecule is CC[C@H](C)[C@H](NC(=O)OCc1ccccc1)C(=O)NCC(=O)CNC(=O)Cc1cccc(-c2ccccn2)c1. The van der Waals surface area contributed by atoms with Gasteiger partial charge < -0.3 is 20.7 Å². The van der Waals surface area contributed by atoms with Crippen molar-refractivity contribution in [3.63, 3.8) is 0 Å². The van der Waals surface area contributed by atoms with Crippen LogP contribution in [0.15, 0.2) is 79.0 Å². The van der Waals surface area contributed by atoms with E-state index in [1.165, 1.54) is 0 Å². The zero-order valence-corrected chi connectivity index (χ0v) is 22.2. The molecule has 9 heteroatoms. The van der Waals surface area contributed by atoms with E-state index in [0.717, 1.165) is 22.4 Å². The molecule has 0 saturated heterocycles. The number of carbonyl (C=O) groups is 4. The van der Waals surface area contributed by atoms with Crippen molar-refractivity contribution in [2.24, 2.45) is 5.92 Å². The Hall–Kier alpha value is -4.53. The number of carbonyl (C=O) groups excluding carboxylic acids is 4. The van der Waals surface area contributed by atoms with Crippen molar-refractivity contribution in [3.8, 4) is 11.3 Å². The molecule has 204 valence electrons. The molecule has 0 bridgehead atoms. The Bertz CT molecular complexity index is 1250. The van der Waals surface area contributed by atoms with Crippen LogP contribution < -0.4 is 16.0 Å². The Labute approximate surface area is 228 Å². The lowest BCUT2D eigenvalue weighted by Gasteiger charge is -2.23. The summed E-state index contributed by atoms with van der Waals surface area (Å²) in [5, 5.41) is 7.75. The predicted octanol–water partition coefficient (Wildman–Crippen LogP) is 3.43. The smallest absolute Gasteiger partial charge is 0.408 e. The first-order valence-electron chi connectivity index (χ1n) is 12.9. The number of hydrogen-bond acceptors (Lipinski definition) is 6. The standard InChI is InChI=1S/C30H34N4O5/c1-3-21(2)28(34-30(38)39-20-22-10-5-4-6-11-22)29(37)33-19-25(35)18-32-27(36)17-23-12-9-13-24(16-23)26-14-7-8-15-31-26/h4-16,21,28H,3,17-20H2,1-2H3,(H,32,36)(H,33,37)(H,34,38)/t21-,28-/m0/s1. The molecule has 0 fully saturated rings. The highest BCUT2D eigenvalue weighted by Gasteiger charge is 2.26. The van der Waals surface area contributed by atoms with Gasteiger partial charge in [0.2, 0.25) is 11.8 Å². The fraction of sp³-hybridized carbons (Fsp3) is 0.300. The van der Waals surface area contributed by atoms with E-state index in [1.54, 1.807) is 6.20 Å². The first-order chi connectivity index (χ1) is 18.9. The van der Waals surface area contributed by atoms with Gasteiger partial charge in [-0.05, 0) is 35.2 Å². The average Bonchev–Trinajstić information content (AvgIpc) is 2.97. The molecule has 9 nitrogen and oxygen atoms in total. The Morgan fingerprint density at radius 2 is 1.59 bits per heavy atom. The molecule has 3 amide bonds. The van der Waals surface area contributed by atoms with Crippen LogP contribution in [-0.4, -0.2) is 47.8 Å². The molecule has 3 rings (SSSR count). The summed E-state index contributed by atoms with van der Waals surface area (Å²) < 4.78 is 5.23. The lowest BCUT2D eigenvalue weighted by molar-refractivity contribution is -0.127. The van der Waals surface area contributed by atoms with E-state index in [1.807, 2.05) is 86.6 Å². The van der Waals surface area contributed by atoms with Gasteiger partial charge in [0.1, 0.15) is 12.6 Å². The highest BCUT2D eigenvalue weighted by molar-refractivity contribution is 5.92. The molecule has 0 spiro atoms. The minimum atomic E-state index is -0.868. The number of rotatable bonds is 13. The fourth-order valence-electron chi connectivity index (χ4n) is 3.77. The van der Waals surface area contributed by atoms with Crippen LogP contribution in [-0.2, 0) is 32.1 Å². The number of ketones is 1. The normalized spacial score (nSPS) is 12.1. The van der Waals surface area contributed by atoms with E-state index in [2.05, 4.69) is 20.9 Å². The maximum Gasteiger partial charge on any atom is 0.408 e. The highest BCUT2D eigenvalue weighted by atomic mass is 16.5. The largest absolute Gasteiger partial charge is 0.445 e. The van der Waals surface area contributed by atoms with E-state index in [9.17, 15) is 19.2 Å². The number of pyridine rings is 1. The van der Waals surface area contributed by atoms with Gasteiger partial charge in [-0.15, -0.1) is 0 Å².